The van der Waals surface area contributed by atoms with Gasteiger partial charge in [-0.1, -0.05) is 33.6 Å². The Kier molecular flexibility index (Phi) is 6.80. The third-order valence-electron chi connectivity index (χ3n) is 4.70. The van der Waals surface area contributed by atoms with E-state index < -0.39 is 6.10 Å². The van der Waals surface area contributed by atoms with Crippen LogP contribution in [0.1, 0.15) is 52.9 Å². The molecule has 2 unspecified atom stereocenters. The van der Waals surface area contributed by atoms with Crippen molar-refractivity contribution >= 4 is 5.91 Å². The minimum absolute atomic E-state index is 0.104. The summed E-state index contributed by atoms with van der Waals surface area (Å²) in [5.74, 6) is 0.384. The molecule has 1 amide bonds. The van der Waals surface area contributed by atoms with Gasteiger partial charge < -0.3 is 15.7 Å². The fourth-order valence-corrected chi connectivity index (χ4v) is 3.01. The standard InChI is InChI=1S/C15H30N2O2/c1-4-12(5-2)13(18)10-17-14(19)15(6-3)8-7-9-16-11-15/h12-13,16,18H,4-11H2,1-3H3,(H,17,19). The van der Waals surface area contributed by atoms with Crippen molar-refractivity contribution in [3.8, 4) is 0 Å². The van der Waals surface area contributed by atoms with Gasteiger partial charge in [0.15, 0.2) is 0 Å². The first-order valence-corrected chi connectivity index (χ1v) is 7.76. The topological polar surface area (TPSA) is 61.4 Å². The van der Waals surface area contributed by atoms with E-state index in [0.717, 1.165) is 45.2 Å². The number of amides is 1. The molecule has 1 aliphatic rings. The average molecular weight is 270 g/mol. The van der Waals surface area contributed by atoms with Gasteiger partial charge in [0.05, 0.1) is 11.5 Å². The molecule has 0 saturated carbocycles. The van der Waals surface area contributed by atoms with Gasteiger partial charge >= 0.3 is 0 Å². The Hall–Kier alpha value is -0.610. The number of carbonyl (C=O) groups is 1. The summed E-state index contributed by atoms with van der Waals surface area (Å²) in [7, 11) is 0. The van der Waals surface area contributed by atoms with Gasteiger partial charge in [-0.15, -0.1) is 0 Å². The molecule has 0 bridgehead atoms. The molecule has 1 aliphatic heterocycles. The molecule has 0 spiro atoms. The van der Waals surface area contributed by atoms with E-state index in [1.807, 2.05) is 0 Å². The number of rotatable bonds is 7. The zero-order valence-corrected chi connectivity index (χ0v) is 12.7. The highest BCUT2D eigenvalue weighted by Gasteiger charge is 2.37. The SMILES string of the molecule is CCC(CC)C(O)CNC(=O)C1(CC)CCCNC1. The van der Waals surface area contributed by atoms with Crippen LogP contribution < -0.4 is 10.6 Å². The summed E-state index contributed by atoms with van der Waals surface area (Å²) in [6, 6.07) is 0. The van der Waals surface area contributed by atoms with Gasteiger partial charge in [0.25, 0.3) is 0 Å². The minimum atomic E-state index is -0.426. The molecule has 0 aromatic carbocycles. The molecule has 19 heavy (non-hydrogen) atoms. The summed E-state index contributed by atoms with van der Waals surface area (Å²) in [5.41, 5.74) is -0.272. The van der Waals surface area contributed by atoms with Crippen LogP contribution in [0, 0.1) is 11.3 Å². The summed E-state index contributed by atoms with van der Waals surface area (Å²) in [6.45, 7) is 8.38. The van der Waals surface area contributed by atoms with Crippen molar-refractivity contribution in [3.05, 3.63) is 0 Å². The molecule has 0 aromatic rings. The number of hydrogen-bond acceptors (Lipinski definition) is 3. The summed E-state index contributed by atoms with van der Waals surface area (Å²) in [5, 5.41) is 16.4. The molecular formula is C15H30N2O2. The van der Waals surface area contributed by atoms with Crippen molar-refractivity contribution in [2.24, 2.45) is 11.3 Å². The fraction of sp³-hybridized carbons (Fsp3) is 0.933. The van der Waals surface area contributed by atoms with Crippen molar-refractivity contribution in [3.63, 3.8) is 0 Å². The molecule has 4 nitrogen and oxygen atoms in total. The zero-order chi connectivity index (χ0) is 14.3. The molecule has 1 fully saturated rings. The van der Waals surface area contributed by atoms with E-state index in [1.165, 1.54) is 0 Å². The van der Waals surface area contributed by atoms with Crippen LogP contribution in [0.5, 0.6) is 0 Å². The summed E-state index contributed by atoms with van der Waals surface area (Å²) in [4.78, 5) is 12.4. The fourth-order valence-electron chi connectivity index (χ4n) is 3.01. The number of carbonyl (C=O) groups excluding carboxylic acids is 1. The van der Waals surface area contributed by atoms with Crippen LogP contribution in [-0.2, 0) is 4.79 Å². The first kappa shape index (κ1) is 16.4. The zero-order valence-electron chi connectivity index (χ0n) is 12.7. The van der Waals surface area contributed by atoms with Crippen LogP contribution in [0.2, 0.25) is 0 Å². The normalized spacial score (nSPS) is 25.3. The Labute approximate surface area is 117 Å². The van der Waals surface area contributed by atoms with Crippen molar-refractivity contribution in [2.45, 2.75) is 59.0 Å². The van der Waals surface area contributed by atoms with Crippen molar-refractivity contribution in [2.75, 3.05) is 19.6 Å². The Morgan fingerprint density at radius 2 is 2.05 bits per heavy atom. The summed E-state index contributed by atoms with van der Waals surface area (Å²) < 4.78 is 0. The molecule has 1 rings (SSSR count). The highest BCUT2D eigenvalue weighted by Crippen LogP contribution is 2.30. The smallest absolute Gasteiger partial charge is 0.227 e. The maximum atomic E-state index is 12.4. The van der Waals surface area contributed by atoms with Gasteiger partial charge in [0.1, 0.15) is 0 Å². The lowest BCUT2D eigenvalue weighted by Gasteiger charge is -2.36. The van der Waals surface area contributed by atoms with E-state index in [4.69, 9.17) is 0 Å². The monoisotopic (exact) mass is 270 g/mol. The predicted octanol–water partition coefficient (Wildman–Crippen LogP) is 1.68. The van der Waals surface area contributed by atoms with Crippen LogP contribution in [0.4, 0.5) is 0 Å². The van der Waals surface area contributed by atoms with Crippen LogP contribution in [0.3, 0.4) is 0 Å². The van der Waals surface area contributed by atoms with Gasteiger partial charge in [0.2, 0.25) is 5.91 Å². The number of aliphatic hydroxyl groups is 1. The number of nitrogens with one attached hydrogen (secondary N) is 2. The second-order valence-electron chi connectivity index (χ2n) is 5.77. The van der Waals surface area contributed by atoms with E-state index >= 15 is 0 Å². The molecule has 112 valence electrons. The lowest BCUT2D eigenvalue weighted by Crippen LogP contribution is -2.51. The van der Waals surface area contributed by atoms with E-state index in [-0.39, 0.29) is 17.2 Å². The molecule has 4 heteroatoms. The summed E-state index contributed by atoms with van der Waals surface area (Å²) in [6.07, 6.45) is 4.33. The van der Waals surface area contributed by atoms with E-state index in [9.17, 15) is 9.90 Å². The van der Waals surface area contributed by atoms with E-state index in [2.05, 4.69) is 31.4 Å². The van der Waals surface area contributed by atoms with Crippen molar-refractivity contribution < 1.29 is 9.90 Å². The van der Waals surface area contributed by atoms with Gasteiger partial charge in [-0.25, -0.2) is 0 Å². The quantitative estimate of drug-likeness (QED) is 0.659. The molecule has 1 saturated heterocycles. The van der Waals surface area contributed by atoms with Gasteiger partial charge in [0, 0.05) is 13.1 Å². The third-order valence-corrected chi connectivity index (χ3v) is 4.70. The second kappa shape index (κ2) is 7.85. The molecule has 2 atom stereocenters. The second-order valence-corrected chi connectivity index (χ2v) is 5.77. The molecule has 0 aromatic heterocycles. The number of piperidine rings is 1. The average Bonchev–Trinajstić information content (AvgIpc) is 2.46. The van der Waals surface area contributed by atoms with Crippen molar-refractivity contribution in [1.82, 2.24) is 10.6 Å². The highest BCUT2D eigenvalue weighted by molar-refractivity contribution is 5.83. The van der Waals surface area contributed by atoms with Crippen LogP contribution in [0.15, 0.2) is 0 Å². The molecule has 0 aliphatic carbocycles. The van der Waals surface area contributed by atoms with Crippen LogP contribution in [-0.4, -0.2) is 36.8 Å². The molecule has 3 N–H and O–H groups in total. The lowest BCUT2D eigenvalue weighted by atomic mass is 9.77. The van der Waals surface area contributed by atoms with Gasteiger partial charge in [-0.2, -0.15) is 0 Å². The predicted molar refractivity (Wildman–Crippen MR) is 77.9 cm³/mol. The Balaban J connectivity index is 2.49. The maximum Gasteiger partial charge on any atom is 0.227 e. The molecule has 0 radical (unpaired) electrons. The Morgan fingerprint density at radius 1 is 1.37 bits per heavy atom. The number of hydrogen-bond donors (Lipinski definition) is 3. The summed E-state index contributed by atoms with van der Waals surface area (Å²) >= 11 is 0. The molecule has 1 heterocycles. The third kappa shape index (κ3) is 4.18. The maximum absolute atomic E-state index is 12.4. The minimum Gasteiger partial charge on any atom is -0.391 e. The number of aliphatic hydroxyl groups excluding tert-OH is 1. The van der Waals surface area contributed by atoms with Gasteiger partial charge in [-0.3, -0.25) is 4.79 Å². The van der Waals surface area contributed by atoms with E-state index in [1.54, 1.807) is 0 Å². The Morgan fingerprint density at radius 3 is 2.53 bits per heavy atom. The van der Waals surface area contributed by atoms with Crippen LogP contribution in [0.25, 0.3) is 0 Å². The molecular weight excluding hydrogens is 240 g/mol. The Bertz CT molecular complexity index is 271. The highest BCUT2D eigenvalue weighted by atomic mass is 16.3. The first-order valence-electron chi connectivity index (χ1n) is 7.76. The van der Waals surface area contributed by atoms with E-state index in [0.29, 0.717) is 6.54 Å². The van der Waals surface area contributed by atoms with Crippen LogP contribution >= 0.6 is 0 Å². The van der Waals surface area contributed by atoms with Gasteiger partial charge in [-0.05, 0) is 31.7 Å². The first-order chi connectivity index (χ1) is 9.09. The van der Waals surface area contributed by atoms with Crippen molar-refractivity contribution in [1.29, 1.82) is 0 Å². The largest absolute Gasteiger partial charge is 0.391 e. The lowest BCUT2D eigenvalue weighted by molar-refractivity contribution is -0.133.